The van der Waals surface area contributed by atoms with Gasteiger partial charge >= 0.3 is 6.18 Å². The SMILES string of the molecule is Cc1c(NC(=O)[C@H](C)Sc2nnc(C(F)(F)F)n2C)c(=O)n(-c2ccccc2)n1C. The average molecular weight is 440 g/mol. The molecule has 0 radical (unpaired) electrons. The number of rotatable bonds is 5. The summed E-state index contributed by atoms with van der Waals surface area (Å²) in [6, 6.07) is 8.92. The zero-order valence-corrected chi connectivity index (χ0v) is 17.4. The van der Waals surface area contributed by atoms with E-state index in [9.17, 15) is 22.8 Å². The molecule has 8 nitrogen and oxygen atoms in total. The van der Waals surface area contributed by atoms with Gasteiger partial charge in [0.2, 0.25) is 11.7 Å². The number of para-hydroxylation sites is 1. The molecule has 0 spiro atoms. The minimum atomic E-state index is -4.64. The maximum absolute atomic E-state index is 12.9. The first kappa shape index (κ1) is 21.7. The predicted molar refractivity (Wildman–Crippen MR) is 106 cm³/mol. The van der Waals surface area contributed by atoms with Crippen LogP contribution in [0, 0.1) is 6.92 Å². The third-order valence-electron chi connectivity index (χ3n) is 4.54. The molecule has 0 aliphatic heterocycles. The van der Waals surface area contributed by atoms with Gasteiger partial charge in [-0.05, 0) is 26.0 Å². The number of alkyl halides is 3. The van der Waals surface area contributed by atoms with E-state index in [0.717, 1.165) is 16.3 Å². The number of hydrogen-bond acceptors (Lipinski definition) is 5. The Bertz CT molecular complexity index is 1130. The van der Waals surface area contributed by atoms with Crippen molar-refractivity contribution in [1.29, 1.82) is 0 Å². The number of nitrogens with one attached hydrogen (secondary N) is 1. The Labute approximate surface area is 173 Å². The van der Waals surface area contributed by atoms with Crippen LogP contribution in [0.5, 0.6) is 0 Å². The van der Waals surface area contributed by atoms with E-state index < -0.39 is 28.7 Å². The molecule has 1 N–H and O–H groups in total. The molecule has 0 bridgehead atoms. The summed E-state index contributed by atoms with van der Waals surface area (Å²) in [6.07, 6.45) is -4.64. The number of amides is 1. The number of benzene rings is 1. The number of nitrogens with zero attached hydrogens (tertiary/aromatic N) is 5. The summed E-state index contributed by atoms with van der Waals surface area (Å²) in [6.45, 7) is 3.20. The molecule has 2 heterocycles. The molecule has 0 aliphatic rings. The third kappa shape index (κ3) is 3.99. The van der Waals surface area contributed by atoms with Crippen molar-refractivity contribution >= 4 is 23.4 Å². The monoisotopic (exact) mass is 440 g/mol. The lowest BCUT2D eigenvalue weighted by atomic mass is 10.3. The number of halogens is 3. The minimum absolute atomic E-state index is 0.0588. The Balaban J connectivity index is 1.82. The molecule has 0 aliphatic carbocycles. The minimum Gasteiger partial charge on any atom is -0.319 e. The molecule has 3 rings (SSSR count). The lowest BCUT2D eigenvalue weighted by Gasteiger charge is -2.11. The van der Waals surface area contributed by atoms with Crippen LogP contribution in [0.1, 0.15) is 18.4 Å². The van der Waals surface area contributed by atoms with Crippen molar-refractivity contribution in [2.24, 2.45) is 14.1 Å². The van der Waals surface area contributed by atoms with Gasteiger partial charge in [-0.25, -0.2) is 4.68 Å². The normalized spacial score (nSPS) is 12.8. The second-order valence-corrected chi connectivity index (χ2v) is 7.86. The second kappa shape index (κ2) is 8.01. The van der Waals surface area contributed by atoms with Crippen molar-refractivity contribution in [2.45, 2.75) is 30.4 Å². The molecular weight excluding hydrogens is 421 g/mol. The maximum Gasteiger partial charge on any atom is 0.451 e. The molecule has 0 saturated carbocycles. The van der Waals surface area contributed by atoms with Gasteiger partial charge in [-0.2, -0.15) is 13.2 Å². The molecule has 2 aromatic heterocycles. The largest absolute Gasteiger partial charge is 0.451 e. The van der Waals surface area contributed by atoms with Crippen molar-refractivity contribution in [3.63, 3.8) is 0 Å². The first-order valence-electron chi connectivity index (χ1n) is 8.80. The van der Waals surface area contributed by atoms with Crippen LogP contribution >= 0.6 is 11.8 Å². The summed E-state index contributed by atoms with van der Waals surface area (Å²) in [4.78, 5) is 25.5. The van der Waals surface area contributed by atoms with Crippen LogP contribution in [-0.4, -0.2) is 35.3 Å². The van der Waals surface area contributed by atoms with Gasteiger partial charge < -0.3 is 9.88 Å². The van der Waals surface area contributed by atoms with E-state index in [4.69, 9.17) is 0 Å². The van der Waals surface area contributed by atoms with Crippen LogP contribution in [-0.2, 0) is 25.1 Å². The molecule has 12 heteroatoms. The van der Waals surface area contributed by atoms with Crippen LogP contribution in [0.25, 0.3) is 5.69 Å². The van der Waals surface area contributed by atoms with E-state index in [1.807, 2.05) is 6.07 Å². The molecule has 3 aromatic rings. The lowest BCUT2D eigenvalue weighted by Crippen LogP contribution is -2.27. The van der Waals surface area contributed by atoms with Gasteiger partial charge in [-0.15, -0.1) is 10.2 Å². The first-order valence-corrected chi connectivity index (χ1v) is 9.68. The summed E-state index contributed by atoms with van der Waals surface area (Å²) < 4.78 is 42.4. The molecule has 1 aromatic carbocycles. The van der Waals surface area contributed by atoms with Crippen molar-refractivity contribution in [2.75, 3.05) is 5.32 Å². The highest BCUT2D eigenvalue weighted by molar-refractivity contribution is 8.00. The highest BCUT2D eigenvalue weighted by Crippen LogP contribution is 2.31. The summed E-state index contributed by atoms with van der Waals surface area (Å²) in [5, 5.41) is 8.36. The number of thioether (sulfide) groups is 1. The van der Waals surface area contributed by atoms with Crippen molar-refractivity contribution in [3.05, 3.63) is 52.2 Å². The molecule has 0 saturated heterocycles. The van der Waals surface area contributed by atoms with Gasteiger partial charge in [-0.1, -0.05) is 30.0 Å². The van der Waals surface area contributed by atoms with Gasteiger partial charge in [0.05, 0.1) is 16.6 Å². The molecule has 1 atom stereocenters. The van der Waals surface area contributed by atoms with E-state index in [1.54, 1.807) is 42.9 Å². The Hall–Kier alpha value is -3.02. The summed E-state index contributed by atoms with van der Waals surface area (Å²) >= 11 is 0.815. The van der Waals surface area contributed by atoms with Crippen molar-refractivity contribution in [1.82, 2.24) is 24.1 Å². The quantitative estimate of drug-likeness (QED) is 0.617. The fourth-order valence-corrected chi connectivity index (χ4v) is 3.63. The average Bonchev–Trinajstić information content (AvgIpc) is 3.15. The van der Waals surface area contributed by atoms with Gasteiger partial charge in [-0.3, -0.25) is 14.3 Å². The lowest BCUT2D eigenvalue weighted by molar-refractivity contribution is -0.147. The molecule has 0 unspecified atom stereocenters. The molecule has 1 amide bonds. The van der Waals surface area contributed by atoms with Crippen LogP contribution < -0.4 is 10.9 Å². The smallest absolute Gasteiger partial charge is 0.319 e. The number of hydrogen-bond donors (Lipinski definition) is 1. The molecule has 0 fully saturated rings. The topological polar surface area (TPSA) is 86.7 Å². The fraction of sp³-hybridized carbons (Fsp3) is 0.333. The molecular formula is C18H19F3N6O2S. The highest BCUT2D eigenvalue weighted by Gasteiger charge is 2.38. The van der Waals surface area contributed by atoms with Crippen LogP contribution in [0.4, 0.5) is 18.9 Å². The van der Waals surface area contributed by atoms with Gasteiger partial charge in [0, 0.05) is 14.1 Å². The summed E-state index contributed by atoms with van der Waals surface area (Å²) in [7, 11) is 2.87. The van der Waals surface area contributed by atoms with Gasteiger partial charge in [0.25, 0.3) is 5.56 Å². The van der Waals surface area contributed by atoms with Gasteiger partial charge in [0.15, 0.2) is 5.16 Å². The number of carbonyl (C=O) groups is 1. The summed E-state index contributed by atoms with van der Waals surface area (Å²) in [5.74, 6) is -1.69. The Morgan fingerprint density at radius 3 is 2.37 bits per heavy atom. The van der Waals surface area contributed by atoms with E-state index in [1.165, 1.54) is 18.7 Å². The molecule has 30 heavy (non-hydrogen) atoms. The molecule has 160 valence electrons. The Morgan fingerprint density at radius 2 is 1.80 bits per heavy atom. The van der Waals surface area contributed by atoms with Crippen LogP contribution in [0.2, 0.25) is 0 Å². The van der Waals surface area contributed by atoms with E-state index in [2.05, 4.69) is 15.5 Å². The standard InChI is InChI=1S/C18H19F3N6O2S/c1-10-13(15(29)27(26(10)4)12-8-6-5-7-9-12)22-14(28)11(2)30-17-24-23-16(25(17)3)18(19,20)21/h5-9,11H,1-4H3,(H,22,28)/t11-/m0/s1. The predicted octanol–water partition coefficient (Wildman–Crippen LogP) is 2.75. The van der Waals surface area contributed by atoms with Crippen LogP contribution in [0.15, 0.2) is 40.3 Å². The second-order valence-electron chi connectivity index (χ2n) is 6.55. The summed E-state index contributed by atoms with van der Waals surface area (Å²) in [5.41, 5.74) is 0.861. The Morgan fingerprint density at radius 1 is 1.17 bits per heavy atom. The van der Waals surface area contributed by atoms with Gasteiger partial charge in [0.1, 0.15) is 5.69 Å². The number of anilines is 1. The number of carbonyl (C=O) groups excluding carboxylic acids is 1. The van der Waals surface area contributed by atoms with Crippen LogP contribution in [0.3, 0.4) is 0 Å². The van der Waals surface area contributed by atoms with E-state index >= 15 is 0 Å². The van der Waals surface area contributed by atoms with E-state index in [-0.39, 0.29) is 10.8 Å². The third-order valence-corrected chi connectivity index (χ3v) is 5.68. The Kier molecular flexibility index (Phi) is 5.79. The number of aromatic nitrogens is 5. The highest BCUT2D eigenvalue weighted by atomic mass is 32.2. The van der Waals surface area contributed by atoms with Crippen molar-refractivity contribution in [3.8, 4) is 5.69 Å². The fourth-order valence-electron chi connectivity index (χ4n) is 2.81. The zero-order chi connectivity index (χ0) is 22.2. The first-order chi connectivity index (χ1) is 14.0. The van der Waals surface area contributed by atoms with Crippen molar-refractivity contribution < 1.29 is 18.0 Å². The van der Waals surface area contributed by atoms with E-state index in [0.29, 0.717) is 11.4 Å². The zero-order valence-electron chi connectivity index (χ0n) is 16.6. The maximum atomic E-state index is 12.9.